The molecule has 1 aliphatic heterocycles. The molecule has 2 aliphatic rings. The lowest BCUT2D eigenvalue weighted by molar-refractivity contribution is -0.145. The standard InChI is InChI=1S/C17H18O6/c1-20-13-6-4-5-9-14-11(17(19)22-3)7-10(16(18)21-2)12(14)8-23-15(9)13/h4-7,10,12,14H,8H2,1-3H3/t10-,12+,14-/m1/s1. The molecule has 0 saturated carbocycles. The monoisotopic (exact) mass is 318 g/mol. The first-order valence-electron chi connectivity index (χ1n) is 7.30. The number of para-hydroxylation sites is 1. The molecule has 3 atom stereocenters. The number of carbonyl (C=O) groups is 2. The number of esters is 2. The van der Waals surface area contributed by atoms with Crippen molar-refractivity contribution >= 4 is 11.9 Å². The highest BCUT2D eigenvalue weighted by Crippen LogP contribution is 2.52. The zero-order chi connectivity index (χ0) is 16.6. The van der Waals surface area contributed by atoms with E-state index in [4.69, 9.17) is 18.9 Å². The van der Waals surface area contributed by atoms with Crippen molar-refractivity contribution in [3.63, 3.8) is 0 Å². The maximum Gasteiger partial charge on any atom is 0.334 e. The highest BCUT2D eigenvalue weighted by atomic mass is 16.5. The minimum atomic E-state index is -0.529. The summed E-state index contributed by atoms with van der Waals surface area (Å²) in [5.41, 5.74) is 1.29. The lowest BCUT2D eigenvalue weighted by Crippen LogP contribution is -2.33. The Labute approximate surface area is 134 Å². The Morgan fingerprint density at radius 1 is 1.17 bits per heavy atom. The van der Waals surface area contributed by atoms with Gasteiger partial charge in [-0.25, -0.2) is 4.79 Å². The Hall–Kier alpha value is -2.50. The third kappa shape index (κ3) is 2.34. The molecule has 0 N–H and O–H groups in total. The van der Waals surface area contributed by atoms with Crippen molar-refractivity contribution in [2.24, 2.45) is 11.8 Å². The van der Waals surface area contributed by atoms with Crippen LogP contribution in [0, 0.1) is 11.8 Å². The van der Waals surface area contributed by atoms with Gasteiger partial charge in [-0.3, -0.25) is 4.79 Å². The molecule has 0 bridgehead atoms. The first-order valence-corrected chi connectivity index (χ1v) is 7.30. The molecule has 122 valence electrons. The molecule has 1 aliphatic carbocycles. The predicted octanol–water partition coefficient (Wildman–Crippen LogP) is 1.69. The fraction of sp³-hybridized carbons (Fsp3) is 0.412. The summed E-state index contributed by atoms with van der Waals surface area (Å²) in [4.78, 5) is 24.2. The molecule has 0 spiro atoms. The second-order valence-corrected chi connectivity index (χ2v) is 5.49. The molecule has 0 radical (unpaired) electrons. The number of hydrogen-bond donors (Lipinski definition) is 0. The Morgan fingerprint density at radius 3 is 2.61 bits per heavy atom. The summed E-state index contributed by atoms with van der Waals surface area (Å²) < 4.78 is 20.9. The minimum Gasteiger partial charge on any atom is -0.493 e. The average Bonchev–Trinajstić information content (AvgIpc) is 2.99. The van der Waals surface area contributed by atoms with Crippen LogP contribution in [-0.2, 0) is 19.1 Å². The molecule has 1 aromatic rings. The van der Waals surface area contributed by atoms with Crippen LogP contribution in [0.25, 0.3) is 0 Å². The normalized spacial score (nSPS) is 24.7. The maximum atomic E-state index is 12.2. The molecule has 6 heteroatoms. The molecular weight excluding hydrogens is 300 g/mol. The van der Waals surface area contributed by atoms with E-state index >= 15 is 0 Å². The highest BCUT2D eigenvalue weighted by Gasteiger charge is 2.48. The van der Waals surface area contributed by atoms with Crippen LogP contribution in [0.2, 0.25) is 0 Å². The lowest BCUT2D eigenvalue weighted by atomic mass is 9.79. The Balaban J connectivity index is 2.10. The van der Waals surface area contributed by atoms with E-state index in [9.17, 15) is 9.59 Å². The second kappa shape index (κ2) is 5.95. The van der Waals surface area contributed by atoms with Gasteiger partial charge in [-0.15, -0.1) is 0 Å². The van der Waals surface area contributed by atoms with E-state index in [0.29, 0.717) is 23.7 Å². The quantitative estimate of drug-likeness (QED) is 0.790. The van der Waals surface area contributed by atoms with Crippen LogP contribution in [0.3, 0.4) is 0 Å². The van der Waals surface area contributed by atoms with Crippen molar-refractivity contribution in [3.8, 4) is 11.5 Å². The van der Waals surface area contributed by atoms with Gasteiger partial charge in [-0.2, -0.15) is 0 Å². The summed E-state index contributed by atoms with van der Waals surface area (Å²) in [6.45, 7) is 0.300. The lowest BCUT2D eigenvalue weighted by Gasteiger charge is -2.32. The average molecular weight is 318 g/mol. The Morgan fingerprint density at radius 2 is 1.96 bits per heavy atom. The van der Waals surface area contributed by atoms with Gasteiger partial charge in [-0.05, 0) is 6.07 Å². The van der Waals surface area contributed by atoms with E-state index in [1.165, 1.54) is 14.2 Å². The molecule has 23 heavy (non-hydrogen) atoms. The van der Waals surface area contributed by atoms with E-state index in [0.717, 1.165) is 5.56 Å². The molecule has 6 nitrogen and oxygen atoms in total. The summed E-state index contributed by atoms with van der Waals surface area (Å²) in [6.07, 6.45) is 1.64. The number of hydrogen-bond acceptors (Lipinski definition) is 6. The van der Waals surface area contributed by atoms with Crippen molar-refractivity contribution in [1.82, 2.24) is 0 Å². The zero-order valence-electron chi connectivity index (χ0n) is 13.2. The number of benzene rings is 1. The molecule has 0 amide bonds. The largest absolute Gasteiger partial charge is 0.493 e. The SMILES string of the molecule is COC(=O)C1=C[C@@H](C(=O)OC)[C@@H]2COc3c(OC)cccc3[C@H]12. The van der Waals surface area contributed by atoms with Crippen molar-refractivity contribution in [2.45, 2.75) is 5.92 Å². The first-order chi connectivity index (χ1) is 11.1. The van der Waals surface area contributed by atoms with Crippen LogP contribution in [0.5, 0.6) is 11.5 Å². The van der Waals surface area contributed by atoms with Gasteiger partial charge in [0.25, 0.3) is 0 Å². The molecule has 0 fully saturated rings. The van der Waals surface area contributed by atoms with Crippen LogP contribution in [0.1, 0.15) is 11.5 Å². The summed E-state index contributed by atoms with van der Waals surface area (Å²) in [5, 5.41) is 0. The van der Waals surface area contributed by atoms with Gasteiger partial charge in [0.15, 0.2) is 11.5 Å². The highest BCUT2D eigenvalue weighted by molar-refractivity contribution is 5.93. The zero-order valence-corrected chi connectivity index (χ0v) is 13.2. The van der Waals surface area contributed by atoms with Crippen molar-refractivity contribution in [1.29, 1.82) is 0 Å². The predicted molar refractivity (Wildman–Crippen MR) is 80.3 cm³/mol. The smallest absolute Gasteiger partial charge is 0.334 e. The maximum absolute atomic E-state index is 12.2. The van der Waals surface area contributed by atoms with Gasteiger partial charge in [0.2, 0.25) is 0 Å². The number of ether oxygens (including phenoxy) is 4. The minimum absolute atomic E-state index is 0.198. The van der Waals surface area contributed by atoms with Crippen LogP contribution in [0.4, 0.5) is 0 Å². The summed E-state index contributed by atoms with van der Waals surface area (Å²) in [5.74, 6) is -0.612. The summed E-state index contributed by atoms with van der Waals surface area (Å²) >= 11 is 0. The topological polar surface area (TPSA) is 71.1 Å². The van der Waals surface area contributed by atoms with Crippen LogP contribution < -0.4 is 9.47 Å². The van der Waals surface area contributed by atoms with Gasteiger partial charge in [0, 0.05) is 23.0 Å². The molecule has 0 unspecified atom stereocenters. The summed E-state index contributed by atoms with van der Waals surface area (Å²) in [6, 6.07) is 5.52. The first kappa shape index (κ1) is 15.4. The van der Waals surface area contributed by atoms with Crippen LogP contribution >= 0.6 is 0 Å². The van der Waals surface area contributed by atoms with E-state index in [1.807, 2.05) is 12.1 Å². The van der Waals surface area contributed by atoms with Crippen LogP contribution in [0.15, 0.2) is 29.8 Å². The molecule has 0 saturated heterocycles. The van der Waals surface area contributed by atoms with E-state index < -0.39 is 11.9 Å². The van der Waals surface area contributed by atoms with Gasteiger partial charge < -0.3 is 18.9 Å². The molecule has 1 heterocycles. The third-order valence-corrected chi connectivity index (χ3v) is 4.46. The van der Waals surface area contributed by atoms with Gasteiger partial charge in [0.05, 0.1) is 33.9 Å². The Kier molecular flexibility index (Phi) is 3.98. The number of rotatable bonds is 3. The van der Waals surface area contributed by atoms with Crippen molar-refractivity contribution in [2.75, 3.05) is 27.9 Å². The number of carbonyl (C=O) groups excluding carboxylic acids is 2. The summed E-state index contributed by atoms with van der Waals surface area (Å²) in [7, 11) is 4.23. The molecule has 1 aromatic carbocycles. The molecular formula is C17H18O6. The van der Waals surface area contributed by atoms with Gasteiger partial charge >= 0.3 is 11.9 Å². The molecule has 0 aromatic heterocycles. The fourth-order valence-corrected chi connectivity index (χ4v) is 3.42. The van der Waals surface area contributed by atoms with Gasteiger partial charge in [0.1, 0.15) is 0 Å². The third-order valence-electron chi connectivity index (χ3n) is 4.46. The van der Waals surface area contributed by atoms with Crippen LogP contribution in [-0.4, -0.2) is 39.9 Å². The fourth-order valence-electron chi connectivity index (χ4n) is 3.42. The van der Waals surface area contributed by atoms with Crippen molar-refractivity contribution < 1.29 is 28.5 Å². The molecule has 3 rings (SSSR count). The second-order valence-electron chi connectivity index (χ2n) is 5.49. The van der Waals surface area contributed by atoms with Crippen molar-refractivity contribution in [3.05, 3.63) is 35.4 Å². The van der Waals surface area contributed by atoms with E-state index in [1.54, 1.807) is 19.3 Å². The van der Waals surface area contributed by atoms with Gasteiger partial charge in [-0.1, -0.05) is 18.2 Å². The number of fused-ring (bicyclic) bond motifs is 3. The van der Waals surface area contributed by atoms with E-state index in [-0.39, 0.29) is 17.8 Å². The Bertz CT molecular complexity index is 678. The van der Waals surface area contributed by atoms with E-state index in [2.05, 4.69) is 0 Å². The number of methoxy groups -OCH3 is 3.